The van der Waals surface area contributed by atoms with Gasteiger partial charge in [0.2, 0.25) is 0 Å². The van der Waals surface area contributed by atoms with Crippen molar-refractivity contribution in [2.24, 2.45) is 0 Å². The molecule has 0 bridgehead atoms. The summed E-state index contributed by atoms with van der Waals surface area (Å²) in [6.45, 7) is 2.58. The Kier molecular flexibility index (Phi) is 4.24. The predicted octanol–water partition coefficient (Wildman–Crippen LogP) is 5.34. The standard InChI is InChI=1S/C15H12ClIN2OS/c1-2-20-13-5-3-4-12-14(13)18-15(21)19(12)11-7-6-9(16)8-10(11)17/h3-8H,2H2,1H3,(H,18,21). The van der Waals surface area contributed by atoms with Crippen molar-refractivity contribution in [1.82, 2.24) is 9.55 Å². The molecule has 0 unspecified atom stereocenters. The first-order chi connectivity index (χ1) is 10.1. The minimum atomic E-state index is 0.614. The first-order valence-electron chi connectivity index (χ1n) is 6.43. The van der Waals surface area contributed by atoms with E-state index < -0.39 is 0 Å². The van der Waals surface area contributed by atoms with Crippen LogP contribution in [0.15, 0.2) is 36.4 Å². The molecule has 1 aromatic heterocycles. The summed E-state index contributed by atoms with van der Waals surface area (Å²) in [4.78, 5) is 3.24. The average molecular weight is 431 g/mol. The number of rotatable bonds is 3. The topological polar surface area (TPSA) is 29.9 Å². The number of ether oxygens (including phenoxy) is 1. The fourth-order valence-electron chi connectivity index (χ4n) is 2.28. The number of aromatic amines is 1. The van der Waals surface area contributed by atoms with Crippen molar-refractivity contribution < 1.29 is 4.74 Å². The lowest BCUT2D eigenvalue weighted by Crippen LogP contribution is -1.97. The van der Waals surface area contributed by atoms with Crippen LogP contribution in [0.4, 0.5) is 0 Å². The second-order valence-corrected chi connectivity index (χ2v) is 6.43. The lowest BCUT2D eigenvalue weighted by Gasteiger charge is -2.08. The SMILES string of the molecule is CCOc1cccc2c1[nH]c(=S)n2-c1ccc(Cl)cc1I. The second-order valence-electron chi connectivity index (χ2n) is 4.44. The zero-order valence-electron chi connectivity index (χ0n) is 11.2. The normalized spacial score (nSPS) is 11.0. The molecular formula is C15H12ClIN2OS. The quantitative estimate of drug-likeness (QED) is 0.449. The summed E-state index contributed by atoms with van der Waals surface area (Å²) >= 11 is 13.8. The van der Waals surface area contributed by atoms with Crippen molar-refractivity contribution >= 4 is 57.4 Å². The molecule has 0 aliphatic rings. The van der Waals surface area contributed by atoms with E-state index in [1.54, 1.807) is 0 Å². The predicted molar refractivity (Wildman–Crippen MR) is 97.4 cm³/mol. The Labute approximate surface area is 146 Å². The van der Waals surface area contributed by atoms with E-state index in [0.29, 0.717) is 16.4 Å². The van der Waals surface area contributed by atoms with Gasteiger partial charge < -0.3 is 9.72 Å². The fraction of sp³-hybridized carbons (Fsp3) is 0.133. The number of benzene rings is 2. The van der Waals surface area contributed by atoms with E-state index in [-0.39, 0.29) is 0 Å². The van der Waals surface area contributed by atoms with Crippen LogP contribution in [-0.2, 0) is 0 Å². The van der Waals surface area contributed by atoms with Gasteiger partial charge in [-0.25, -0.2) is 0 Å². The van der Waals surface area contributed by atoms with Gasteiger partial charge in [-0.1, -0.05) is 17.7 Å². The molecule has 3 aromatic rings. The van der Waals surface area contributed by atoms with E-state index in [1.165, 1.54) is 0 Å². The first kappa shape index (κ1) is 14.9. The number of nitrogens with one attached hydrogen (secondary N) is 1. The molecule has 3 nitrogen and oxygen atoms in total. The van der Waals surface area contributed by atoms with Gasteiger partial charge >= 0.3 is 0 Å². The average Bonchev–Trinajstić information content (AvgIpc) is 2.77. The van der Waals surface area contributed by atoms with Gasteiger partial charge in [-0.15, -0.1) is 0 Å². The number of fused-ring (bicyclic) bond motifs is 1. The molecule has 108 valence electrons. The highest BCUT2D eigenvalue weighted by molar-refractivity contribution is 14.1. The summed E-state index contributed by atoms with van der Waals surface area (Å²) in [7, 11) is 0. The number of aromatic nitrogens is 2. The highest BCUT2D eigenvalue weighted by Crippen LogP contribution is 2.30. The summed E-state index contributed by atoms with van der Waals surface area (Å²) in [5.41, 5.74) is 2.91. The van der Waals surface area contributed by atoms with Crippen LogP contribution < -0.4 is 4.74 Å². The molecule has 0 radical (unpaired) electrons. The van der Waals surface area contributed by atoms with Gasteiger partial charge in [0, 0.05) is 8.59 Å². The third-order valence-electron chi connectivity index (χ3n) is 3.13. The molecule has 0 aliphatic carbocycles. The van der Waals surface area contributed by atoms with Crippen molar-refractivity contribution in [3.63, 3.8) is 0 Å². The van der Waals surface area contributed by atoms with E-state index in [4.69, 9.17) is 28.6 Å². The summed E-state index contributed by atoms with van der Waals surface area (Å²) < 4.78 is 9.34. The van der Waals surface area contributed by atoms with E-state index in [2.05, 4.69) is 27.6 Å². The molecule has 21 heavy (non-hydrogen) atoms. The van der Waals surface area contributed by atoms with Crippen LogP contribution in [0.1, 0.15) is 6.92 Å². The molecule has 0 spiro atoms. The van der Waals surface area contributed by atoms with Gasteiger partial charge in [-0.3, -0.25) is 4.57 Å². The number of H-pyrrole nitrogens is 1. The number of imidazole rings is 1. The summed E-state index contributed by atoms with van der Waals surface area (Å²) in [6.07, 6.45) is 0. The van der Waals surface area contributed by atoms with Crippen LogP contribution in [0, 0.1) is 8.34 Å². The zero-order valence-corrected chi connectivity index (χ0v) is 14.9. The van der Waals surface area contributed by atoms with Gasteiger partial charge in [0.05, 0.1) is 17.8 Å². The maximum atomic E-state index is 6.03. The van der Waals surface area contributed by atoms with E-state index >= 15 is 0 Å². The zero-order chi connectivity index (χ0) is 15.0. The monoisotopic (exact) mass is 430 g/mol. The summed E-state index contributed by atoms with van der Waals surface area (Å²) in [6, 6.07) is 11.7. The molecule has 0 aliphatic heterocycles. The van der Waals surface area contributed by atoms with Crippen molar-refractivity contribution in [2.75, 3.05) is 6.61 Å². The van der Waals surface area contributed by atoms with E-state index in [9.17, 15) is 0 Å². The van der Waals surface area contributed by atoms with Crippen LogP contribution in [0.3, 0.4) is 0 Å². The van der Waals surface area contributed by atoms with Crippen LogP contribution in [0.2, 0.25) is 5.02 Å². The maximum absolute atomic E-state index is 6.03. The highest BCUT2D eigenvalue weighted by atomic mass is 127. The van der Waals surface area contributed by atoms with Crippen molar-refractivity contribution in [3.05, 3.63) is 49.8 Å². The maximum Gasteiger partial charge on any atom is 0.182 e. The number of hydrogen-bond donors (Lipinski definition) is 1. The van der Waals surface area contributed by atoms with Gasteiger partial charge in [-0.2, -0.15) is 0 Å². The largest absolute Gasteiger partial charge is 0.492 e. The van der Waals surface area contributed by atoms with Crippen LogP contribution in [0.25, 0.3) is 16.7 Å². The molecular weight excluding hydrogens is 419 g/mol. The number of para-hydroxylation sites is 1. The Hall–Kier alpha value is -1.05. The van der Waals surface area contributed by atoms with Gasteiger partial charge in [0.15, 0.2) is 4.77 Å². The third kappa shape index (κ3) is 2.69. The van der Waals surface area contributed by atoms with Crippen molar-refractivity contribution in [3.8, 4) is 11.4 Å². The van der Waals surface area contributed by atoms with Crippen LogP contribution >= 0.6 is 46.4 Å². The van der Waals surface area contributed by atoms with Crippen LogP contribution in [0.5, 0.6) is 5.75 Å². The Morgan fingerprint density at radius 1 is 1.33 bits per heavy atom. The molecule has 0 saturated carbocycles. The number of halogens is 2. The van der Waals surface area contributed by atoms with E-state index in [0.717, 1.165) is 26.0 Å². The molecule has 1 N–H and O–H groups in total. The fourth-order valence-corrected chi connectivity index (χ4v) is 3.69. The van der Waals surface area contributed by atoms with Gasteiger partial charge in [-0.05, 0) is 72.1 Å². The van der Waals surface area contributed by atoms with Gasteiger partial charge in [0.25, 0.3) is 0 Å². The Morgan fingerprint density at radius 2 is 2.14 bits per heavy atom. The van der Waals surface area contributed by atoms with E-state index in [1.807, 2.05) is 47.9 Å². The van der Waals surface area contributed by atoms with Crippen molar-refractivity contribution in [1.29, 1.82) is 0 Å². The molecule has 0 saturated heterocycles. The number of nitrogens with zero attached hydrogens (tertiary/aromatic N) is 1. The second kappa shape index (κ2) is 5.98. The Balaban J connectivity index is 2.30. The molecule has 0 amide bonds. The van der Waals surface area contributed by atoms with Gasteiger partial charge in [0.1, 0.15) is 11.3 Å². The third-order valence-corrected chi connectivity index (χ3v) is 4.51. The first-order valence-corrected chi connectivity index (χ1v) is 8.30. The molecule has 3 rings (SSSR count). The summed E-state index contributed by atoms with van der Waals surface area (Å²) in [5.74, 6) is 0.809. The minimum Gasteiger partial charge on any atom is -0.492 e. The lowest BCUT2D eigenvalue weighted by atomic mass is 10.2. The molecule has 1 heterocycles. The molecule has 0 atom stereocenters. The molecule has 6 heteroatoms. The molecule has 2 aromatic carbocycles. The minimum absolute atomic E-state index is 0.614. The van der Waals surface area contributed by atoms with Crippen LogP contribution in [-0.4, -0.2) is 16.2 Å². The number of hydrogen-bond acceptors (Lipinski definition) is 2. The Bertz CT molecular complexity index is 872. The smallest absolute Gasteiger partial charge is 0.182 e. The summed E-state index contributed by atoms with van der Waals surface area (Å²) in [5, 5.41) is 0.713. The van der Waals surface area contributed by atoms with Crippen molar-refractivity contribution in [2.45, 2.75) is 6.92 Å². The Morgan fingerprint density at radius 3 is 2.86 bits per heavy atom. The molecule has 0 fully saturated rings. The highest BCUT2D eigenvalue weighted by Gasteiger charge is 2.12. The lowest BCUT2D eigenvalue weighted by molar-refractivity contribution is 0.343.